The molecule has 1 rings (SSSR count). The summed E-state index contributed by atoms with van der Waals surface area (Å²) in [4.78, 5) is 0. The second kappa shape index (κ2) is 6.54. The molecule has 0 saturated heterocycles. The molecule has 1 aromatic carbocycles. The number of hydrogen-bond donors (Lipinski definition) is 2. The smallest absolute Gasteiger partial charge is 0.0372 e. The largest absolute Gasteiger partial charge is 0.385 e. The molecular formula is C14H24N2. The van der Waals surface area contributed by atoms with Gasteiger partial charge in [-0.25, -0.2) is 0 Å². The number of nitrogens with one attached hydrogen (secondary N) is 2. The molecule has 2 nitrogen and oxygen atoms in total. The van der Waals surface area contributed by atoms with E-state index in [1.807, 2.05) is 7.05 Å². The Hall–Kier alpha value is -1.02. The van der Waals surface area contributed by atoms with E-state index in [4.69, 9.17) is 0 Å². The average molecular weight is 220 g/mol. The van der Waals surface area contributed by atoms with Crippen LogP contribution in [0.25, 0.3) is 0 Å². The molecule has 0 atom stereocenters. The summed E-state index contributed by atoms with van der Waals surface area (Å²) in [7, 11) is 2.00. The van der Waals surface area contributed by atoms with E-state index in [2.05, 4.69) is 43.5 Å². The van der Waals surface area contributed by atoms with Crippen molar-refractivity contribution in [2.75, 3.05) is 25.5 Å². The zero-order chi connectivity index (χ0) is 12.0. The fourth-order valence-corrected chi connectivity index (χ4v) is 1.80. The first kappa shape index (κ1) is 13.0. The third-order valence-electron chi connectivity index (χ3n) is 3.23. The summed E-state index contributed by atoms with van der Waals surface area (Å²) in [5, 5.41) is 6.68. The van der Waals surface area contributed by atoms with E-state index in [0.717, 1.165) is 13.1 Å². The lowest BCUT2D eigenvalue weighted by Crippen LogP contribution is -2.10. The Morgan fingerprint density at radius 3 is 2.31 bits per heavy atom. The van der Waals surface area contributed by atoms with Gasteiger partial charge in [-0.2, -0.15) is 0 Å². The molecule has 0 unspecified atom stereocenters. The Bertz CT molecular complexity index is 332. The van der Waals surface area contributed by atoms with Crippen LogP contribution in [0.5, 0.6) is 0 Å². The van der Waals surface area contributed by atoms with Gasteiger partial charge in [-0.05, 0) is 70.0 Å². The lowest BCUT2D eigenvalue weighted by atomic mass is 10.0. The van der Waals surface area contributed by atoms with Gasteiger partial charge in [0.25, 0.3) is 0 Å². The monoisotopic (exact) mass is 220 g/mol. The molecule has 2 N–H and O–H groups in total. The lowest BCUT2D eigenvalue weighted by molar-refractivity contribution is 0.694. The highest BCUT2D eigenvalue weighted by molar-refractivity contribution is 5.55. The first-order valence-corrected chi connectivity index (χ1v) is 6.12. The normalized spacial score (nSPS) is 10.5. The molecule has 1 aromatic rings. The van der Waals surface area contributed by atoms with Crippen molar-refractivity contribution in [1.82, 2.24) is 5.32 Å². The van der Waals surface area contributed by atoms with Crippen LogP contribution in [-0.2, 0) is 0 Å². The van der Waals surface area contributed by atoms with Crippen LogP contribution in [0, 0.1) is 20.8 Å². The zero-order valence-electron chi connectivity index (χ0n) is 11.0. The van der Waals surface area contributed by atoms with Crippen molar-refractivity contribution in [1.29, 1.82) is 0 Å². The third-order valence-corrected chi connectivity index (χ3v) is 3.23. The van der Waals surface area contributed by atoms with Crippen molar-refractivity contribution in [2.45, 2.75) is 33.6 Å². The zero-order valence-corrected chi connectivity index (χ0v) is 11.0. The highest BCUT2D eigenvalue weighted by Crippen LogP contribution is 2.21. The van der Waals surface area contributed by atoms with Crippen molar-refractivity contribution in [3.63, 3.8) is 0 Å². The molecule has 0 aliphatic rings. The lowest BCUT2D eigenvalue weighted by Gasteiger charge is -2.13. The van der Waals surface area contributed by atoms with Gasteiger partial charge in [0.15, 0.2) is 0 Å². The summed E-state index contributed by atoms with van der Waals surface area (Å²) < 4.78 is 0. The van der Waals surface area contributed by atoms with Gasteiger partial charge in [0.05, 0.1) is 0 Å². The topological polar surface area (TPSA) is 24.1 Å². The number of anilines is 1. The fourth-order valence-electron chi connectivity index (χ4n) is 1.80. The van der Waals surface area contributed by atoms with Gasteiger partial charge in [-0.1, -0.05) is 6.07 Å². The van der Waals surface area contributed by atoms with Gasteiger partial charge >= 0.3 is 0 Å². The highest BCUT2D eigenvalue weighted by atomic mass is 14.9. The van der Waals surface area contributed by atoms with Crippen LogP contribution in [-0.4, -0.2) is 20.1 Å². The van der Waals surface area contributed by atoms with Gasteiger partial charge in [-0.15, -0.1) is 0 Å². The molecule has 2 heteroatoms. The van der Waals surface area contributed by atoms with Gasteiger partial charge in [-0.3, -0.25) is 0 Å². The van der Waals surface area contributed by atoms with E-state index < -0.39 is 0 Å². The molecular weight excluding hydrogens is 196 g/mol. The van der Waals surface area contributed by atoms with E-state index in [-0.39, 0.29) is 0 Å². The van der Waals surface area contributed by atoms with Gasteiger partial charge in [0.2, 0.25) is 0 Å². The second-order valence-corrected chi connectivity index (χ2v) is 4.42. The second-order valence-electron chi connectivity index (χ2n) is 4.42. The number of benzene rings is 1. The summed E-state index contributed by atoms with van der Waals surface area (Å²) in [5.74, 6) is 0. The third kappa shape index (κ3) is 3.53. The minimum Gasteiger partial charge on any atom is -0.385 e. The highest BCUT2D eigenvalue weighted by Gasteiger charge is 2.02. The molecule has 0 bridgehead atoms. The first-order chi connectivity index (χ1) is 7.66. The predicted octanol–water partition coefficient (Wildman–Crippen LogP) is 3.02. The Morgan fingerprint density at radius 2 is 1.62 bits per heavy atom. The number of rotatable bonds is 6. The van der Waals surface area contributed by atoms with E-state index in [0.29, 0.717) is 0 Å². The molecule has 0 fully saturated rings. The van der Waals surface area contributed by atoms with Crippen LogP contribution in [0.4, 0.5) is 5.69 Å². The molecule has 0 aliphatic heterocycles. The van der Waals surface area contributed by atoms with Crippen LogP contribution in [0.3, 0.4) is 0 Å². The summed E-state index contributed by atoms with van der Waals surface area (Å²) >= 11 is 0. The molecule has 0 radical (unpaired) electrons. The molecule has 0 heterocycles. The standard InChI is InChI=1S/C14H24N2/c1-11-7-8-14(13(3)12(11)2)16-10-6-5-9-15-4/h7-8,15-16H,5-6,9-10H2,1-4H3. The Balaban J connectivity index is 2.45. The molecule has 16 heavy (non-hydrogen) atoms. The quantitative estimate of drug-likeness (QED) is 0.720. The van der Waals surface area contributed by atoms with Crippen molar-refractivity contribution in [3.05, 3.63) is 28.8 Å². The molecule has 0 spiro atoms. The molecule has 0 aromatic heterocycles. The predicted molar refractivity (Wildman–Crippen MR) is 72.3 cm³/mol. The molecule has 90 valence electrons. The van der Waals surface area contributed by atoms with Crippen LogP contribution < -0.4 is 10.6 Å². The van der Waals surface area contributed by atoms with E-state index in [1.54, 1.807) is 0 Å². The van der Waals surface area contributed by atoms with Crippen LogP contribution >= 0.6 is 0 Å². The Morgan fingerprint density at radius 1 is 0.938 bits per heavy atom. The van der Waals surface area contributed by atoms with Crippen molar-refractivity contribution < 1.29 is 0 Å². The van der Waals surface area contributed by atoms with Crippen LogP contribution in [0.15, 0.2) is 12.1 Å². The number of unbranched alkanes of at least 4 members (excludes halogenated alkanes) is 1. The van der Waals surface area contributed by atoms with E-state index in [9.17, 15) is 0 Å². The first-order valence-electron chi connectivity index (χ1n) is 6.12. The molecule has 0 aliphatic carbocycles. The van der Waals surface area contributed by atoms with Gasteiger partial charge < -0.3 is 10.6 Å². The van der Waals surface area contributed by atoms with Gasteiger partial charge in [0, 0.05) is 12.2 Å². The molecule has 0 saturated carbocycles. The maximum atomic E-state index is 3.51. The van der Waals surface area contributed by atoms with Crippen LogP contribution in [0.2, 0.25) is 0 Å². The summed E-state index contributed by atoms with van der Waals surface area (Å²) in [6.45, 7) is 8.72. The summed E-state index contributed by atoms with van der Waals surface area (Å²) in [6, 6.07) is 4.38. The fraction of sp³-hybridized carbons (Fsp3) is 0.571. The maximum absolute atomic E-state index is 3.51. The Kier molecular flexibility index (Phi) is 5.33. The SMILES string of the molecule is CNCCCCNc1ccc(C)c(C)c1C. The number of hydrogen-bond acceptors (Lipinski definition) is 2. The number of aryl methyl sites for hydroxylation is 1. The van der Waals surface area contributed by atoms with E-state index in [1.165, 1.54) is 35.2 Å². The summed E-state index contributed by atoms with van der Waals surface area (Å²) in [6.07, 6.45) is 2.45. The average Bonchev–Trinajstić information content (AvgIpc) is 2.28. The van der Waals surface area contributed by atoms with Crippen LogP contribution in [0.1, 0.15) is 29.5 Å². The maximum Gasteiger partial charge on any atom is 0.0372 e. The minimum atomic E-state index is 1.06. The Labute approximate surface area is 99.5 Å². The minimum absolute atomic E-state index is 1.06. The van der Waals surface area contributed by atoms with Crippen molar-refractivity contribution in [2.24, 2.45) is 0 Å². The molecule has 0 amide bonds. The van der Waals surface area contributed by atoms with Gasteiger partial charge in [0.1, 0.15) is 0 Å². The van der Waals surface area contributed by atoms with Crippen molar-refractivity contribution >= 4 is 5.69 Å². The van der Waals surface area contributed by atoms with Crippen molar-refractivity contribution in [3.8, 4) is 0 Å². The summed E-state index contributed by atoms with van der Waals surface area (Å²) in [5.41, 5.74) is 5.44. The van der Waals surface area contributed by atoms with E-state index >= 15 is 0 Å².